The van der Waals surface area contributed by atoms with E-state index in [0.29, 0.717) is 21.9 Å². The second-order valence-corrected chi connectivity index (χ2v) is 5.03. The second kappa shape index (κ2) is 4.79. The molecule has 96 valence electrons. The number of hydrogen-bond acceptors (Lipinski definition) is 1. The molecule has 1 heterocycles. The summed E-state index contributed by atoms with van der Waals surface area (Å²) < 4.78 is 16.2. The molecule has 1 aromatic heterocycles. The number of rotatable bonds is 2. The maximum atomic E-state index is 13.8. The highest BCUT2D eigenvalue weighted by Gasteiger charge is 2.10. The van der Waals surface area contributed by atoms with Crippen molar-refractivity contribution in [1.82, 2.24) is 9.55 Å². The number of imidazole rings is 1. The fourth-order valence-corrected chi connectivity index (χ4v) is 2.60. The molecule has 5 heteroatoms. The first-order chi connectivity index (χ1) is 9.16. The van der Waals surface area contributed by atoms with Crippen LogP contribution in [-0.4, -0.2) is 9.55 Å². The van der Waals surface area contributed by atoms with Gasteiger partial charge in [-0.3, -0.25) is 0 Å². The first-order valence-electron chi connectivity index (χ1n) is 5.77. The second-order valence-electron chi connectivity index (χ2n) is 4.23. The van der Waals surface area contributed by atoms with Crippen LogP contribution in [0.3, 0.4) is 0 Å². The average molecular weight is 293 g/mol. The van der Waals surface area contributed by atoms with Crippen molar-refractivity contribution in [3.05, 3.63) is 63.6 Å². The Morgan fingerprint density at radius 2 is 1.95 bits per heavy atom. The summed E-state index contributed by atoms with van der Waals surface area (Å²) in [5.74, 6) is -0.320. The number of halogens is 2. The summed E-state index contributed by atoms with van der Waals surface area (Å²) in [5.41, 5.74) is 2.32. The highest BCUT2D eigenvalue weighted by molar-refractivity contribution is 7.71. The summed E-state index contributed by atoms with van der Waals surface area (Å²) in [6.07, 6.45) is 0. The topological polar surface area (TPSA) is 20.7 Å². The van der Waals surface area contributed by atoms with Crippen LogP contribution in [-0.2, 0) is 6.54 Å². The average Bonchev–Trinajstić information content (AvgIpc) is 2.70. The van der Waals surface area contributed by atoms with Crippen LogP contribution in [0.1, 0.15) is 5.56 Å². The number of nitrogens with zero attached hydrogens (tertiary/aromatic N) is 1. The van der Waals surface area contributed by atoms with Crippen LogP contribution in [0.4, 0.5) is 4.39 Å². The molecule has 19 heavy (non-hydrogen) atoms. The number of benzene rings is 2. The molecule has 1 N–H and O–H groups in total. The number of para-hydroxylation sites is 2. The fraction of sp³-hybridized carbons (Fsp3) is 0.0714. The van der Waals surface area contributed by atoms with Gasteiger partial charge in [0.2, 0.25) is 0 Å². The molecule has 0 saturated carbocycles. The van der Waals surface area contributed by atoms with Crippen molar-refractivity contribution in [2.75, 3.05) is 0 Å². The van der Waals surface area contributed by atoms with Gasteiger partial charge in [0.15, 0.2) is 4.77 Å². The zero-order chi connectivity index (χ0) is 13.4. The normalized spacial score (nSPS) is 11.1. The SMILES string of the molecule is Fc1cccc(Cl)c1Cn1c(=S)[nH]c2ccccc21. The minimum Gasteiger partial charge on any atom is -0.331 e. The van der Waals surface area contributed by atoms with Crippen LogP contribution >= 0.6 is 23.8 Å². The molecule has 0 spiro atoms. The summed E-state index contributed by atoms with van der Waals surface area (Å²) in [4.78, 5) is 3.10. The predicted molar refractivity (Wildman–Crippen MR) is 77.6 cm³/mol. The molecule has 0 atom stereocenters. The molecule has 0 aliphatic heterocycles. The van der Waals surface area contributed by atoms with E-state index in [9.17, 15) is 4.39 Å². The smallest absolute Gasteiger partial charge is 0.178 e. The van der Waals surface area contributed by atoms with E-state index < -0.39 is 0 Å². The summed E-state index contributed by atoms with van der Waals surface area (Å²) in [6.45, 7) is 0.314. The third kappa shape index (κ3) is 2.17. The third-order valence-electron chi connectivity index (χ3n) is 3.06. The quantitative estimate of drug-likeness (QED) is 0.688. The summed E-state index contributed by atoms with van der Waals surface area (Å²) >= 11 is 11.3. The molecule has 0 saturated heterocycles. The number of nitrogens with one attached hydrogen (secondary N) is 1. The van der Waals surface area contributed by atoms with Crippen LogP contribution in [0, 0.1) is 10.6 Å². The van der Waals surface area contributed by atoms with Gasteiger partial charge in [-0.15, -0.1) is 0 Å². The van der Waals surface area contributed by atoms with Gasteiger partial charge >= 0.3 is 0 Å². The lowest BCUT2D eigenvalue weighted by Crippen LogP contribution is -2.02. The Morgan fingerprint density at radius 1 is 1.16 bits per heavy atom. The number of H-pyrrole nitrogens is 1. The van der Waals surface area contributed by atoms with Crippen molar-refractivity contribution in [2.24, 2.45) is 0 Å². The molecule has 3 rings (SSSR count). The molecule has 0 radical (unpaired) electrons. The van der Waals surface area contributed by atoms with Gasteiger partial charge in [-0.05, 0) is 36.5 Å². The Balaban J connectivity index is 2.16. The van der Waals surface area contributed by atoms with Crippen molar-refractivity contribution in [3.8, 4) is 0 Å². The van der Waals surface area contributed by atoms with Gasteiger partial charge in [-0.1, -0.05) is 29.8 Å². The van der Waals surface area contributed by atoms with Crippen LogP contribution < -0.4 is 0 Å². The first kappa shape index (κ1) is 12.4. The van der Waals surface area contributed by atoms with Crippen LogP contribution in [0.25, 0.3) is 11.0 Å². The van der Waals surface area contributed by atoms with E-state index in [0.717, 1.165) is 11.0 Å². The summed E-state index contributed by atoms with van der Waals surface area (Å²) in [6, 6.07) is 12.4. The monoisotopic (exact) mass is 292 g/mol. The molecule has 0 amide bonds. The minimum atomic E-state index is -0.320. The number of fused-ring (bicyclic) bond motifs is 1. The summed E-state index contributed by atoms with van der Waals surface area (Å²) in [5, 5.41) is 0.409. The minimum absolute atomic E-state index is 0.314. The zero-order valence-corrected chi connectivity index (χ0v) is 11.4. The lowest BCUT2D eigenvalue weighted by Gasteiger charge is -2.08. The van der Waals surface area contributed by atoms with Crippen LogP contribution in [0.5, 0.6) is 0 Å². The van der Waals surface area contributed by atoms with Crippen LogP contribution in [0.2, 0.25) is 5.02 Å². The predicted octanol–water partition coefficient (Wildman–Crippen LogP) is 4.54. The van der Waals surface area contributed by atoms with Gasteiger partial charge in [0.05, 0.1) is 17.6 Å². The van der Waals surface area contributed by atoms with Crippen molar-refractivity contribution >= 4 is 34.9 Å². The standard InChI is InChI=1S/C14H10ClFN2S/c15-10-4-3-5-11(16)9(10)8-18-13-7-2-1-6-12(13)17-14(18)19/h1-7H,8H2,(H,17,19). The molecule has 0 aliphatic rings. The molecule has 0 fully saturated rings. The van der Waals surface area contributed by atoms with Gasteiger partial charge in [-0.2, -0.15) is 0 Å². The highest BCUT2D eigenvalue weighted by atomic mass is 35.5. The van der Waals surface area contributed by atoms with Crippen LogP contribution in [0.15, 0.2) is 42.5 Å². The molecular formula is C14H10ClFN2S. The van der Waals surface area contributed by atoms with Crippen molar-refractivity contribution < 1.29 is 4.39 Å². The van der Waals surface area contributed by atoms with Crippen molar-refractivity contribution in [3.63, 3.8) is 0 Å². The lowest BCUT2D eigenvalue weighted by molar-refractivity contribution is 0.601. The molecular weight excluding hydrogens is 283 g/mol. The molecule has 0 unspecified atom stereocenters. The Morgan fingerprint density at radius 3 is 2.74 bits per heavy atom. The van der Waals surface area contributed by atoms with E-state index >= 15 is 0 Å². The molecule has 0 bridgehead atoms. The van der Waals surface area contributed by atoms with Gasteiger partial charge in [0.25, 0.3) is 0 Å². The van der Waals surface area contributed by atoms with E-state index in [2.05, 4.69) is 4.98 Å². The van der Waals surface area contributed by atoms with E-state index in [1.54, 1.807) is 12.1 Å². The van der Waals surface area contributed by atoms with Gasteiger partial charge in [0, 0.05) is 10.6 Å². The van der Waals surface area contributed by atoms with E-state index in [-0.39, 0.29) is 5.82 Å². The van der Waals surface area contributed by atoms with E-state index in [1.165, 1.54) is 6.07 Å². The molecule has 2 nitrogen and oxygen atoms in total. The van der Waals surface area contributed by atoms with Gasteiger partial charge in [0.1, 0.15) is 5.82 Å². The Kier molecular flexibility index (Phi) is 3.12. The Hall–Kier alpha value is -1.65. The summed E-state index contributed by atoms with van der Waals surface area (Å²) in [7, 11) is 0. The molecule has 0 aliphatic carbocycles. The maximum absolute atomic E-state index is 13.8. The van der Waals surface area contributed by atoms with Crippen molar-refractivity contribution in [2.45, 2.75) is 6.54 Å². The number of aromatic amines is 1. The highest BCUT2D eigenvalue weighted by Crippen LogP contribution is 2.22. The van der Waals surface area contributed by atoms with Gasteiger partial charge < -0.3 is 9.55 Å². The molecule has 3 aromatic rings. The van der Waals surface area contributed by atoms with E-state index in [1.807, 2.05) is 28.8 Å². The Bertz CT molecular complexity index is 786. The molecule has 2 aromatic carbocycles. The number of aromatic nitrogens is 2. The largest absolute Gasteiger partial charge is 0.331 e. The lowest BCUT2D eigenvalue weighted by atomic mass is 10.2. The van der Waals surface area contributed by atoms with E-state index in [4.69, 9.17) is 23.8 Å². The number of hydrogen-bond donors (Lipinski definition) is 1. The van der Waals surface area contributed by atoms with Crippen molar-refractivity contribution in [1.29, 1.82) is 0 Å². The van der Waals surface area contributed by atoms with Gasteiger partial charge in [-0.25, -0.2) is 4.39 Å². The Labute approximate surface area is 119 Å². The zero-order valence-electron chi connectivity index (χ0n) is 9.86. The maximum Gasteiger partial charge on any atom is 0.178 e. The first-order valence-corrected chi connectivity index (χ1v) is 6.56. The third-order valence-corrected chi connectivity index (χ3v) is 3.74. The fourth-order valence-electron chi connectivity index (χ4n) is 2.11.